The first-order valence-corrected chi connectivity index (χ1v) is 7.46. The van der Waals surface area contributed by atoms with Crippen LogP contribution in [0.5, 0.6) is 0 Å². The molecule has 2 nitrogen and oxygen atoms in total. The van der Waals surface area contributed by atoms with Crippen molar-refractivity contribution in [2.45, 2.75) is 77.4 Å². The Labute approximate surface area is 107 Å². The first-order valence-electron chi connectivity index (χ1n) is 7.46. The molecule has 0 heterocycles. The van der Waals surface area contributed by atoms with Gasteiger partial charge in [-0.05, 0) is 45.1 Å². The van der Waals surface area contributed by atoms with Crippen LogP contribution in [0.1, 0.15) is 59.3 Å². The van der Waals surface area contributed by atoms with Gasteiger partial charge in [0.25, 0.3) is 0 Å². The minimum atomic E-state index is 0.496. The molecule has 17 heavy (non-hydrogen) atoms. The maximum Gasteiger partial charge on any atom is 0.0192 e. The molecule has 2 aliphatic carbocycles. The molecule has 2 fully saturated rings. The average Bonchev–Trinajstić information content (AvgIpc) is 3.09. The van der Waals surface area contributed by atoms with Crippen molar-refractivity contribution >= 4 is 0 Å². The van der Waals surface area contributed by atoms with Crippen molar-refractivity contribution in [3.8, 4) is 0 Å². The highest BCUT2D eigenvalue weighted by Crippen LogP contribution is 2.35. The molecule has 0 spiro atoms. The van der Waals surface area contributed by atoms with Crippen molar-refractivity contribution in [2.75, 3.05) is 13.6 Å². The lowest BCUT2D eigenvalue weighted by molar-refractivity contribution is 0.151. The van der Waals surface area contributed by atoms with E-state index >= 15 is 0 Å². The van der Waals surface area contributed by atoms with Gasteiger partial charge >= 0.3 is 0 Å². The first-order chi connectivity index (χ1) is 8.00. The molecule has 1 N–H and O–H groups in total. The van der Waals surface area contributed by atoms with E-state index in [2.05, 4.69) is 38.0 Å². The van der Waals surface area contributed by atoms with E-state index in [4.69, 9.17) is 0 Å². The molecular formula is C15H30N2. The van der Waals surface area contributed by atoms with Crippen molar-refractivity contribution in [1.82, 2.24) is 10.2 Å². The van der Waals surface area contributed by atoms with Gasteiger partial charge in [0.05, 0.1) is 0 Å². The van der Waals surface area contributed by atoms with Crippen molar-refractivity contribution in [3.05, 3.63) is 0 Å². The number of hydrogen-bond donors (Lipinski definition) is 1. The van der Waals surface area contributed by atoms with E-state index in [0.29, 0.717) is 11.5 Å². The molecule has 100 valence electrons. The summed E-state index contributed by atoms with van der Waals surface area (Å²) in [4.78, 5) is 2.56. The quantitative estimate of drug-likeness (QED) is 0.792. The van der Waals surface area contributed by atoms with Gasteiger partial charge in [0.1, 0.15) is 0 Å². The summed E-state index contributed by atoms with van der Waals surface area (Å²) in [5.74, 6) is 0. The SMILES string of the molecule is CC(CNC1CCCCC1(C)C)N(C)C1CC1. The molecule has 0 saturated heterocycles. The standard InChI is InChI=1S/C15H30N2/c1-12(17(4)13-8-9-13)11-16-14-7-5-6-10-15(14,2)3/h12-14,16H,5-11H2,1-4H3. The molecule has 2 saturated carbocycles. The summed E-state index contributed by atoms with van der Waals surface area (Å²) in [6, 6.07) is 2.29. The molecule has 2 atom stereocenters. The number of likely N-dealkylation sites (N-methyl/N-ethyl adjacent to an activating group) is 1. The van der Waals surface area contributed by atoms with E-state index in [1.807, 2.05) is 0 Å². The molecule has 0 aromatic carbocycles. The fourth-order valence-electron chi connectivity index (χ4n) is 3.17. The van der Waals surface area contributed by atoms with Gasteiger partial charge in [0.2, 0.25) is 0 Å². The summed E-state index contributed by atoms with van der Waals surface area (Å²) in [7, 11) is 2.29. The predicted molar refractivity (Wildman–Crippen MR) is 74.3 cm³/mol. The van der Waals surface area contributed by atoms with Crippen LogP contribution in [-0.4, -0.2) is 36.6 Å². The Morgan fingerprint density at radius 2 is 1.94 bits per heavy atom. The summed E-state index contributed by atoms with van der Waals surface area (Å²) in [5, 5.41) is 3.83. The van der Waals surface area contributed by atoms with Gasteiger partial charge in [0, 0.05) is 24.7 Å². The summed E-state index contributed by atoms with van der Waals surface area (Å²) in [5.41, 5.74) is 0.496. The zero-order valence-corrected chi connectivity index (χ0v) is 12.1. The Morgan fingerprint density at radius 1 is 1.24 bits per heavy atom. The van der Waals surface area contributed by atoms with Gasteiger partial charge in [-0.1, -0.05) is 26.7 Å². The zero-order valence-electron chi connectivity index (χ0n) is 12.1. The van der Waals surface area contributed by atoms with Crippen LogP contribution in [0.3, 0.4) is 0 Å². The first kappa shape index (κ1) is 13.4. The number of nitrogens with zero attached hydrogens (tertiary/aromatic N) is 1. The second kappa shape index (κ2) is 5.27. The third-order valence-electron chi connectivity index (χ3n) is 4.98. The van der Waals surface area contributed by atoms with Crippen LogP contribution < -0.4 is 5.32 Å². The van der Waals surface area contributed by atoms with Crippen LogP contribution in [0.25, 0.3) is 0 Å². The molecule has 0 aromatic rings. The molecular weight excluding hydrogens is 208 g/mol. The van der Waals surface area contributed by atoms with Crippen LogP contribution in [0.4, 0.5) is 0 Å². The Morgan fingerprint density at radius 3 is 2.53 bits per heavy atom. The Bertz CT molecular complexity index is 245. The maximum atomic E-state index is 3.83. The van der Waals surface area contributed by atoms with Crippen LogP contribution in [-0.2, 0) is 0 Å². The third kappa shape index (κ3) is 3.45. The van der Waals surface area contributed by atoms with Gasteiger partial charge in [-0.15, -0.1) is 0 Å². The van der Waals surface area contributed by atoms with Crippen LogP contribution in [0.15, 0.2) is 0 Å². The van der Waals surface area contributed by atoms with Gasteiger partial charge in [-0.3, -0.25) is 4.90 Å². The van der Waals surface area contributed by atoms with Gasteiger partial charge in [-0.25, -0.2) is 0 Å². The molecule has 0 bridgehead atoms. The number of nitrogens with one attached hydrogen (secondary N) is 1. The number of hydrogen-bond acceptors (Lipinski definition) is 2. The predicted octanol–water partition coefficient (Wildman–Crippen LogP) is 3.03. The van der Waals surface area contributed by atoms with Gasteiger partial charge in [-0.2, -0.15) is 0 Å². The maximum absolute atomic E-state index is 3.83. The molecule has 0 radical (unpaired) electrons. The smallest absolute Gasteiger partial charge is 0.0192 e. The van der Waals surface area contributed by atoms with Gasteiger partial charge in [0.15, 0.2) is 0 Å². The fourth-order valence-corrected chi connectivity index (χ4v) is 3.17. The second-order valence-electron chi connectivity index (χ2n) is 6.94. The molecule has 2 heteroatoms. The second-order valence-corrected chi connectivity index (χ2v) is 6.94. The highest BCUT2D eigenvalue weighted by Gasteiger charge is 2.33. The lowest BCUT2D eigenvalue weighted by Crippen LogP contribution is -2.49. The van der Waals surface area contributed by atoms with Crippen molar-refractivity contribution in [1.29, 1.82) is 0 Å². The van der Waals surface area contributed by atoms with Crippen LogP contribution >= 0.6 is 0 Å². The molecule has 2 unspecified atom stereocenters. The van der Waals surface area contributed by atoms with E-state index in [1.165, 1.54) is 38.5 Å². The third-order valence-corrected chi connectivity index (χ3v) is 4.98. The van der Waals surface area contributed by atoms with E-state index in [-0.39, 0.29) is 0 Å². The summed E-state index contributed by atoms with van der Waals surface area (Å²) in [6.45, 7) is 8.38. The highest BCUT2D eigenvalue weighted by molar-refractivity contribution is 4.90. The summed E-state index contributed by atoms with van der Waals surface area (Å²) >= 11 is 0. The highest BCUT2D eigenvalue weighted by atomic mass is 15.2. The monoisotopic (exact) mass is 238 g/mol. The van der Waals surface area contributed by atoms with E-state index < -0.39 is 0 Å². The fraction of sp³-hybridized carbons (Fsp3) is 1.00. The average molecular weight is 238 g/mol. The minimum Gasteiger partial charge on any atom is -0.312 e. The molecule has 2 rings (SSSR count). The zero-order chi connectivity index (χ0) is 12.5. The Balaban J connectivity index is 1.76. The van der Waals surface area contributed by atoms with E-state index in [1.54, 1.807) is 0 Å². The molecule has 2 aliphatic rings. The number of rotatable bonds is 5. The Kier molecular flexibility index (Phi) is 4.14. The lowest BCUT2D eigenvalue weighted by Gasteiger charge is -2.40. The summed E-state index contributed by atoms with van der Waals surface area (Å²) < 4.78 is 0. The molecule has 0 aromatic heterocycles. The topological polar surface area (TPSA) is 15.3 Å². The normalized spacial score (nSPS) is 30.5. The lowest BCUT2D eigenvalue weighted by atomic mass is 9.73. The van der Waals surface area contributed by atoms with Crippen molar-refractivity contribution in [2.24, 2.45) is 5.41 Å². The molecule has 0 amide bonds. The molecule has 0 aliphatic heterocycles. The van der Waals surface area contributed by atoms with Gasteiger partial charge < -0.3 is 5.32 Å². The van der Waals surface area contributed by atoms with E-state index in [0.717, 1.165) is 18.6 Å². The van der Waals surface area contributed by atoms with Crippen LogP contribution in [0.2, 0.25) is 0 Å². The van der Waals surface area contributed by atoms with Crippen molar-refractivity contribution in [3.63, 3.8) is 0 Å². The summed E-state index contributed by atoms with van der Waals surface area (Å²) in [6.07, 6.45) is 8.41. The van der Waals surface area contributed by atoms with E-state index in [9.17, 15) is 0 Å². The largest absolute Gasteiger partial charge is 0.312 e. The minimum absolute atomic E-state index is 0.496. The Hall–Kier alpha value is -0.0800. The van der Waals surface area contributed by atoms with Crippen molar-refractivity contribution < 1.29 is 0 Å². The van der Waals surface area contributed by atoms with Crippen LogP contribution in [0, 0.1) is 5.41 Å².